The molecule has 4 nitrogen and oxygen atoms in total. The van der Waals surface area contributed by atoms with Crippen LogP contribution in [0.5, 0.6) is 0 Å². The lowest BCUT2D eigenvalue weighted by molar-refractivity contribution is 0.399. The SMILES string of the molecule is NC1CCCc2nnc(Cc3cccc(F)c3)n21. The van der Waals surface area contributed by atoms with Gasteiger partial charge in [0.1, 0.15) is 17.5 Å². The van der Waals surface area contributed by atoms with Crippen LogP contribution in [0.25, 0.3) is 0 Å². The van der Waals surface area contributed by atoms with Crippen LogP contribution in [0.3, 0.4) is 0 Å². The van der Waals surface area contributed by atoms with Crippen molar-refractivity contribution < 1.29 is 4.39 Å². The fourth-order valence-corrected chi connectivity index (χ4v) is 2.46. The van der Waals surface area contributed by atoms with Gasteiger partial charge >= 0.3 is 0 Å². The Balaban J connectivity index is 1.92. The molecule has 18 heavy (non-hydrogen) atoms. The Morgan fingerprint density at radius 1 is 1.39 bits per heavy atom. The maximum atomic E-state index is 13.1. The Labute approximate surface area is 105 Å². The van der Waals surface area contributed by atoms with Gasteiger partial charge in [0, 0.05) is 12.8 Å². The minimum Gasteiger partial charge on any atom is -0.311 e. The molecule has 1 atom stereocenters. The van der Waals surface area contributed by atoms with Crippen LogP contribution in [0.2, 0.25) is 0 Å². The Morgan fingerprint density at radius 2 is 2.28 bits per heavy atom. The third-order valence-corrected chi connectivity index (χ3v) is 3.32. The first-order valence-electron chi connectivity index (χ1n) is 6.17. The number of halogens is 1. The van der Waals surface area contributed by atoms with Gasteiger partial charge in [-0.15, -0.1) is 10.2 Å². The van der Waals surface area contributed by atoms with Crippen LogP contribution >= 0.6 is 0 Å². The van der Waals surface area contributed by atoms with Gasteiger partial charge < -0.3 is 5.73 Å². The first-order chi connectivity index (χ1) is 8.74. The molecule has 1 aromatic carbocycles. The minimum atomic E-state index is -0.227. The smallest absolute Gasteiger partial charge is 0.138 e. The summed E-state index contributed by atoms with van der Waals surface area (Å²) < 4.78 is 15.1. The van der Waals surface area contributed by atoms with Gasteiger partial charge in [0.05, 0.1) is 6.17 Å². The number of rotatable bonds is 2. The zero-order valence-electron chi connectivity index (χ0n) is 10.0. The molecule has 94 valence electrons. The quantitative estimate of drug-likeness (QED) is 0.879. The molecule has 0 fully saturated rings. The van der Waals surface area contributed by atoms with E-state index in [1.165, 1.54) is 12.1 Å². The number of hydrogen-bond donors (Lipinski definition) is 1. The fourth-order valence-electron chi connectivity index (χ4n) is 2.46. The van der Waals surface area contributed by atoms with Crippen molar-refractivity contribution in [3.63, 3.8) is 0 Å². The molecule has 0 saturated heterocycles. The maximum Gasteiger partial charge on any atom is 0.138 e. The summed E-state index contributed by atoms with van der Waals surface area (Å²) in [4.78, 5) is 0. The van der Waals surface area contributed by atoms with Crippen molar-refractivity contribution in [1.29, 1.82) is 0 Å². The van der Waals surface area contributed by atoms with Crippen LogP contribution in [0.15, 0.2) is 24.3 Å². The number of benzene rings is 1. The highest BCUT2D eigenvalue weighted by molar-refractivity contribution is 5.21. The second-order valence-electron chi connectivity index (χ2n) is 4.67. The highest BCUT2D eigenvalue weighted by Crippen LogP contribution is 2.22. The van der Waals surface area contributed by atoms with Gasteiger partial charge in [0.2, 0.25) is 0 Å². The van der Waals surface area contributed by atoms with Crippen molar-refractivity contribution in [3.05, 3.63) is 47.3 Å². The molecule has 2 aromatic rings. The zero-order valence-corrected chi connectivity index (χ0v) is 10.0. The third kappa shape index (κ3) is 2.01. The summed E-state index contributed by atoms with van der Waals surface area (Å²) >= 11 is 0. The van der Waals surface area contributed by atoms with Gasteiger partial charge in [-0.2, -0.15) is 0 Å². The van der Waals surface area contributed by atoms with E-state index < -0.39 is 0 Å². The summed E-state index contributed by atoms with van der Waals surface area (Å²) in [6.45, 7) is 0. The van der Waals surface area contributed by atoms with Crippen LogP contribution < -0.4 is 5.73 Å². The largest absolute Gasteiger partial charge is 0.311 e. The van der Waals surface area contributed by atoms with Crippen molar-refractivity contribution >= 4 is 0 Å². The van der Waals surface area contributed by atoms with E-state index in [-0.39, 0.29) is 12.0 Å². The summed E-state index contributed by atoms with van der Waals surface area (Å²) in [5.41, 5.74) is 6.98. The van der Waals surface area contributed by atoms with Gasteiger partial charge in [-0.05, 0) is 30.5 Å². The van der Waals surface area contributed by atoms with E-state index in [1.54, 1.807) is 6.07 Å². The number of hydrogen-bond acceptors (Lipinski definition) is 3. The molecule has 3 rings (SSSR count). The monoisotopic (exact) mass is 246 g/mol. The highest BCUT2D eigenvalue weighted by atomic mass is 19.1. The molecule has 1 aliphatic heterocycles. The topological polar surface area (TPSA) is 56.7 Å². The average Bonchev–Trinajstić information content (AvgIpc) is 2.74. The summed E-state index contributed by atoms with van der Waals surface area (Å²) in [6, 6.07) is 6.56. The van der Waals surface area contributed by atoms with Crippen LogP contribution in [-0.2, 0) is 12.8 Å². The third-order valence-electron chi connectivity index (χ3n) is 3.32. The van der Waals surface area contributed by atoms with Crippen molar-refractivity contribution in [1.82, 2.24) is 14.8 Å². The van der Waals surface area contributed by atoms with E-state index in [0.717, 1.165) is 36.5 Å². The molecule has 2 heterocycles. The molecule has 1 aliphatic rings. The predicted octanol–water partition coefficient (Wildman–Crippen LogP) is 1.80. The molecule has 5 heteroatoms. The van der Waals surface area contributed by atoms with Crippen molar-refractivity contribution in [2.75, 3.05) is 0 Å². The molecule has 0 bridgehead atoms. The molecule has 0 radical (unpaired) electrons. The lowest BCUT2D eigenvalue weighted by Gasteiger charge is -2.22. The van der Waals surface area contributed by atoms with Crippen LogP contribution in [0, 0.1) is 5.82 Å². The Bertz CT molecular complexity index is 564. The minimum absolute atomic E-state index is 0.0488. The molecular formula is C13H15FN4. The van der Waals surface area contributed by atoms with Crippen molar-refractivity contribution in [2.24, 2.45) is 5.73 Å². The normalized spacial score (nSPS) is 18.7. The fraction of sp³-hybridized carbons (Fsp3) is 0.385. The second-order valence-corrected chi connectivity index (χ2v) is 4.67. The van der Waals surface area contributed by atoms with E-state index >= 15 is 0 Å². The second kappa shape index (κ2) is 4.49. The molecule has 0 amide bonds. The highest BCUT2D eigenvalue weighted by Gasteiger charge is 2.21. The summed E-state index contributed by atoms with van der Waals surface area (Å²) in [7, 11) is 0. The molecule has 0 spiro atoms. The molecule has 0 saturated carbocycles. The number of fused-ring (bicyclic) bond motifs is 1. The number of nitrogens with zero attached hydrogens (tertiary/aromatic N) is 3. The number of aromatic nitrogens is 3. The van der Waals surface area contributed by atoms with E-state index in [1.807, 2.05) is 10.6 Å². The van der Waals surface area contributed by atoms with Gasteiger partial charge in [-0.1, -0.05) is 12.1 Å². The predicted molar refractivity (Wildman–Crippen MR) is 65.4 cm³/mol. The van der Waals surface area contributed by atoms with Crippen LogP contribution in [0.1, 0.15) is 36.2 Å². The summed E-state index contributed by atoms with van der Waals surface area (Å²) in [5.74, 6) is 1.54. The van der Waals surface area contributed by atoms with E-state index in [9.17, 15) is 4.39 Å². The van der Waals surface area contributed by atoms with E-state index in [2.05, 4.69) is 10.2 Å². The number of aryl methyl sites for hydroxylation is 1. The molecule has 0 aliphatic carbocycles. The Morgan fingerprint density at radius 3 is 3.11 bits per heavy atom. The molecular weight excluding hydrogens is 231 g/mol. The van der Waals surface area contributed by atoms with E-state index in [4.69, 9.17) is 5.73 Å². The first-order valence-corrected chi connectivity index (χ1v) is 6.17. The maximum absolute atomic E-state index is 13.1. The standard InChI is InChI=1S/C13H15FN4/c14-10-4-1-3-9(7-10)8-13-17-16-12-6-2-5-11(15)18(12)13/h1,3-4,7,11H,2,5-6,8,15H2. The molecule has 2 N–H and O–H groups in total. The molecule has 1 unspecified atom stereocenters. The van der Waals surface area contributed by atoms with Crippen molar-refractivity contribution in [2.45, 2.75) is 31.8 Å². The Kier molecular flexibility index (Phi) is 2.83. The summed E-state index contributed by atoms with van der Waals surface area (Å²) in [5, 5.41) is 8.35. The Hall–Kier alpha value is -1.75. The average molecular weight is 246 g/mol. The van der Waals surface area contributed by atoms with Crippen LogP contribution in [-0.4, -0.2) is 14.8 Å². The van der Waals surface area contributed by atoms with Gasteiger partial charge in [-0.3, -0.25) is 4.57 Å². The van der Waals surface area contributed by atoms with Crippen LogP contribution in [0.4, 0.5) is 4.39 Å². The van der Waals surface area contributed by atoms with Crippen molar-refractivity contribution in [3.8, 4) is 0 Å². The lowest BCUT2D eigenvalue weighted by Crippen LogP contribution is -2.26. The first kappa shape index (κ1) is 11.3. The lowest BCUT2D eigenvalue weighted by atomic mass is 10.1. The number of nitrogens with two attached hydrogens (primary N) is 1. The zero-order chi connectivity index (χ0) is 12.5. The van der Waals surface area contributed by atoms with Gasteiger partial charge in [-0.25, -0.2) is 4.39 Å². The summed E-state index contributed by atoms with van der Waals surface area (Å²) in [6.07, 6.45) is 3.44. The molecule has 1 aromatic heterocycles. The van der Waals surface area contributed by atoms with Gasteiger partial charge in [0.15, 0.2) is 0 Å². The van der Waals surface area contributed by atoms with E-state index in [0.29, 0.717) is 6.42 Å². The van der Waals surface area contributed by atoms with Gasteiger partial charge in [0.25, 0.3) is 0 Å².